The second-order valence-corrected chi connectivity index (χ2v) is 5.32. The Balaban J connectivity index is 0.00000176. The van der Waals surface area contributed by atoms with E-state index in [1.54, 1.807) is 11.7 Å². The third kappa shape index (κ3) is 3.80. The minimum Gasteiger partial charge on any atom is -0.326 e. The lowest BCUT2D eigenvalue weighted by Gasteiger charge is -2.10. The monoisotopic (exact) mass is 322 g/mol. The molecule has 1 fully saturated rings. The third-order valence-corrected chi connectivity index (χ3v) is 3.66. The molecule has 7 nitrogen and oxygen atoms in total. The van der Waals surface area contributed by atoms with Gasteiger partial charge in [0.15, 0.2) is 5.82 Å². The van der Waals surface area contributed by atoms with Crippen molar-refractivity contribution in [1.82, 2.24) is 25.5 Å². The van der Waals surface area contributed by atoms with Crippen LogP contribution in [0.3, 0.4) is 0 Å². The molecule has 22 heavy (non-hydrogen) atoms. The van der Waals surface area contributed by atoms with Gasteiger partial charge in [0.1, 0.15) is 0 Å². The van der Waals surface area contributed by atoms with Crippen LogP contribution in [0.4, 0.5) is 5.69 Å². The van der Waals surface area contributed by atoms with Crippen LogP contribution in [0.1, 0.15) is 12.8 Å². The largest absolute Gasteiger partial charge is 0.326 e. The van der Waals surface area contributed by atoms with E-state index in [0.29, 0.717) is 18.2 Å². The molecule has 2 aromatic rings. The van der Waals surface area contributed by atoms with Gasteiger partial charge in [0.05, 0.1) is 0 Å². The zero-order valence-electron chi connectivity index (χ0n) is 12.3. The van der Waals surface area contributed by atoms with Gasteiger partial charge >= 0.3 is 0 Å². The van der Waals surface area contributed by atoms with Crippen LogP contribution in [0.5, 0.6) is 0 Å². The van der Waals surface area contributed by atoms with Crippen molar-refractivity contribution in [2.24, 2.45) is 13.0 Å². The highest BCUT2D eigenvalue weighted by Crippen LogP contribution is 2.20. The average molecular weight is 323 g/mol. The van der Waals surface area contributed by atoms with Crippen molar-refractivity contribution < 1.29 is 4.79 Å². The van der Waals surface area contributed by atoms with Crippen molar-refractivity contribution in [3.05, 3.63) is 24.3 Å². The van der Waals surface area contributed by atoms with E-state index in [4.69, 9.17) is 0 Å². The molecule has 1 aliphatic heterocycles. The van der Waals surface area contributed by atoms with Gasteiger partial charge in [0.2, 0.25) is 5.91 Å². The molecule has 2 N–H and O–H groups in total. The Hall–Kier alpha value is -1.99. The van der Waals surface area contributed by atoms with E-state index < -0.39 is 0 Å². The predicted octanol–water partition coefficient (Wildman–Crippen LogP) is 1.24. The van der Waals surface area contributed by atoms with Gasteiger partial charge in [-0.05, 0) is 48.0 Å². The van der Waals surface area contributed by atoms with Gasteiger partial charge in [-0.3, -0.25) is 4.79 Å². The first kappa shape index (κ1) is 16.4. The molecule has 0 saturated carbocycles. The molecule has 8 heteroatoms. The molecule has 1 aliphatic rings. The van der Waals surface area contributed by atoms with E-state index in [-0.39, 0.29) is 18.3 Å². The van der Waals surface area contributed by atoms with Gasteiger partial charge in [-0.15, -0.1) is 17.5 Å². The van der Waals surface area contributed by atoms with Crippen molar-refractivity contribution >= 4 is 24.0 Å². The zero-order valence-corrected chi connectivity index (χ0v) is 13.1. The summed E-state index contributed by atoms with van der Waals surface area (Å²) < 4.78 is 1.60. The number of nitrogens with one attached hydrogen (secondary N) is 2. The number of halogens is 1. The predicted molar refractivity (Wildman–Crippen MR) is 85.7 cm³/mol. The molecule has 1 unspecified atom stereocenters. The summed E-state index contributed by atoms with van der Waals surface area (Å²) in [7, 11) is 1.79. The molecular formula is C14H19ClN6O. The van der Waals surface area contributed by atoms with E-state index >= 15 is 0 Å². The summed E-state index contributed by atoms with van der Waals surface area (Å²) in [4.78, 5) is 12.0. The fraction of sp³-hybridized carbons (Fsp3) is 0.429. The summed E-state index contributed by atoms with van der Waals surface area (Å²) in [6.07, 6.45) is 1.63. The SMILES string of the molecule is Cl.Cn1nnnc1-c1cccc(NC(=O)CC2CCNC2)c1. The maximum Gasteiger partial charge on any atom is 0.224 e. The Bertz CT molecular complexity index is 638. The highest BCUT2D eigenvalue weighted by atomic mass is 35.5. The standard InChI is InChI=1S/C14H18N6O.ClH/c1-20-14(17-18-19-20)11-3-2-4-12(8-11)16-13(21)7-10-5-6-15-9-10;/h2-4,8,10,15H,5-7,9H2,1H3,(H,16,21);1H. The van der Waals surface area contributed by atoms with Crippen LogP contribution in [0.2, 0.25) is 0 Å². The average Bonchev–Trinajstić information content (AvgIpc) is 3.10. The Morgan fingerprint density at radius 2 is 2.36 bits per heavy atom. The number of amides is 1. The van der Waals surface area contributed by atoms with Crippen molar-refractivity contribution in [3.63, 3.8) is 0 Å². The number of rotatable bonds is 4. The molecule has 1 aromatic heterocycles. The van der Waals surface area contributed by atoms with Crippen molar-refractivity contribution in [2.75, 3.05) is 18.4 Å². The van der Waals surface area contributed by atoms with Crippen LogP contribution in [0.25, 0.3) is 11.4 Å². The molecule has 1 aromatic carbocycles. The quantitative estimate of drug-likeness (QED) is 0.884. The molecule has 0 spiro atoms. The number of carbonyl (C=O) groups is 1. The summed E-state index contributed by atoms with van der Waals surface area (Å²) in [5.74, 6) is 1.17. The Kier molecular flexibility index (Phi) is 5.46. The number of carbonyl (C=O) groups excluding carboxylic acids is 1. The number of tetrazole rings is 1. The molecule has 2 heterocycles. The van der Waals surface area contributed by atoms with Crippen LogP contribution < -0.4 is 10.6 Å². The molecular weight excluding hydrogens is 304 g/mol. The minimum absolute atomic E-state index is 0. The number of benzene rings is 1. The number of hydrogen-bond acceptors (Lipinski definition) is 5. The maximum absolute atomic E-state index is 12.0. The lowest BCUT2D eigenvalue weighted by atomic mass is 10.0. The van der Waals surface area contributed by atoms with Gasteiger partial charge < -0.3 is 10.6 Å². The van der Waals surface area contributed by atoms with Crippen LogP contribution in [-0.4, -0.2) is 39.2 Å². The third-order valence-electron chi connectivity index (χ3n) is 3.66. The molecule has 1 amide bonds. The lowest BCUT2D eigenvalue weighted by molar-refractivity contribution is -0.116. The molecule has 1 atom stereocenters. The van der Waals surface area contributed by atoms with Crippen LogP contribution in [-0.2, 0) is 11.8 Å². The van der Waals surface area contributed by atoms with Gasteiger partial charge in [-0.25, -0.2) is 4.68 Å². The summed E-state index contributed by atoms with van der Waals surface area (Å²) >= 11 is 0. The number of anilines is 1. The van der Waals surface area contributed by atoms with Crippen molar-refractivity contribution in [2.45, 2.75) is 12.8 Å². The van der Waals surface area contributed by atoms with E-state index in [9.17, 15) is 4.79 Å². The van der Waals surface area contributed by atoms with Crippen molar-refractivity contribution in [3.8, 4) is 11.4 Å². The first-order chi connectivity index (χ1) is 10.2. The molecule has 0 bridgehead atoms. The molecule has 3 rings (SSSR count). The number of aryl methyl sites for hydroxylation is 1. The summed E-state index contributed by atoms with van der Waals surface area (Å²) in [5.41, 5.74) is 1.65. The smallest absolute Gasteiger partial charge is 0.224 e. The summed E-state index contributed by atoms with van der Waals surface area (Å²) in [6, 6.07) is 7.56. The summed E-state index contributed by atoms with van der Waals surface area (Å²) in [5, 5.41) is 17.6. The first-order valence-corrected chi connectivity index (χ1v) is 7.06. The van der Waals surface area contributed by atoms with Gasteiger partial charge in [0, 0.05) is 24.7 Å². The minimum atomic E-state index is 0. The van der Waals surface area contributed by atoms with Crippen LogP contribution in [0.15, 0.2) is 24.3 Å². The van der Waals surface area contributed by atoms with Gasteiger partial charge in [-0.1, -0.05) is 12.1 Å². The van der Waals surface area contributed by atoms with E-state index in [1.165, 1.54) is 0 Å². The van der Waals surface area contributed by atoms with Crippen LogP contribution in [0, 0.1) is 5.92 Å². The molecule has 118 valence electrons. The number of aromatic nitrogens is 4. The lowest BCUT2D eigenvalue weighted by Crippen LogP contribution is -2.18. The Morgan fingerprint density at radius 3 is 3.05 bits per heavy atom. The van der Waals surface area contributed by atoms with Crippen LogP contribution >= 0.6 is 12.4 Å². The second-order valence-electron chi connectivity index (χ2n) is 5.32. The molecule has 0 radical (unpaired) electrons. The number of nitrogens with zero attached hydrogens (tertiary/aromatic N) is 4. The Labute approximate surface area is 134 Å². The highest BCUT2D eigenvalue weighted by molar-refractivity contribution is 5.91. The topological polar surface area (TPSA) is 84.7 Å². The fourth-order valence-corrected chi connectivity index (χ4v) is 2.57. The van der Waals surface area contributed by atoms with E-state index in [1.807, 2.05) is 24.3 Å². The Morgan fingerprint density at radius 1 is 1.50 bits per heavy atom. The van der Waals surface area contributed by atoms with Gasteiger partial charge in [-0.2, -0.15) is 0 Å². The molecule has 0 aliphatic carbocycles. The highest BCUT2D eigenvalue weighted by Gasteiger charge is 2.18. The number of hydrogen-bond donors (Lipinski definition) is 2. The van der Waals surface area contributed by atoms with E-state index in [2.05, 4.69) is 26.2 Å². The molecule has 1 saturated heterocycles. The second kappa shape index (κ2) is 7.33. The van der Waals surface area contributed by atoms with Crippen molar-refractivity contribution in [1.29, 1.82) is 0 Å². The maximum atomic E-state index is 12.0. The normalized spacial score (nSPS) is 17.0. The zero-order chi connectivity index (χ0) is 14.7. The first-order valence-electron chi connectivity index (χ1n) is 7.06. The van der Waals surface area contributed by atoms with E-state index in [0.717, 1.165) is 30.8 Å². The van der Waals surface area contributed by atoms with Gasteiger partial charge in [0.25, 0.3) is 0 Å². The summed E-state index contributed by atoms with van der Waals surface area (Å²) in [6.45, 7) is 1.94. The fourth-order valence-electron chi connectivity index (χ4n) is 2.57.